The second-order valence-corrected chi connectivity index (χ2v) is 6.86. The average Bonchev–Trinajstić information content (AvgIpc) is 2.39. The highest BCUT2D eigenvalue weighted by molar-refractivity contribution is 9.10. The SMILES string of the molecule is C#CCN(CC)S(=O)(=O)c1cc(Br)cc(CNC)c1F. The zero-order chi connectivity index (χ0) is 15.3. The van der Waals surface area contributed by atoms with E-state index in [2.05, 4.69) is 27.2 Å². The van der Waals surface area contributed by atoms with Crippen molar-refractivity contribution >= 4 is 26.0 Å². The van der Waals surface area contributed by atoms with Gasteiger partial charge >= 0.3 is 0 Å². The van der Waals surface area contributed by atoms with Gasteiger partial charge in [0.05, 0.1) is 6.54 Å². The van der Waals surface area contributed by atoms with Crippen LogP contribution in [-0.4, -0.2) is 32.9 Å². The molecule has 0 fully saturated rings. The first-order valence-electron chi connectivity index (χ1n) is 5.94. The van der Waals surface area contributed by atoms with Gasteiger partial charge in [0, 0.05) is 23.1 Å². The zero-order valence-corrected chi connectivity index (χ0v) is 13.7. The Hall–Kier alpha value is -0.940. The van der Waals surface area contributed by atoms with Crippen molar-refractivity contribution in [1.82, 2.24) is 9.62 Å². The van der Waals surface area contributed by atoms with E-state index in [4.69, 9.17) is 6.42 Å². The molecule has 0 aromatic heterocycles. The first-order chi connectivity index (χ1) is 9.38. The van der Waals surface area contributed by atoms with Crippen LogP contribution in [0.4, 0.5) is 4.39 Å². The summed E-state index contributed by atoms with van der Waals surface area (Å²) in [6.45, 7) is 1.97. The molecule has 1 N–H and O–H groups in total. The molecule has 0 aliphatic carbocycles. The predicted molar refractivity (Wildman–Crippen MR) is 80.1 cm³/mol. The van der Waals surface area contributed by atoms with Crippen LogP contribution in [-0.2, 0) is 16.6 Å². The van der Waals surface area contributed by atoms with Crippen molar-refractivity contribution in [2.75, 3.05) is 20.1 Å². The van der Waals surface area contributed by atoms with Crippen molar-refractivity contribution in [1.29, 1.82) is 0 Å². The van der Waals surface area contributed by atoms with Crippen LogP contribution in [0.3, 0.4) is 0 Å². The fraction of sp³-hybridized carbons (Fsp3) is 0.385. The second-order valence-electron chi connectivity index (χ2n) is 4.04. The van der Waals surface area contributed by atoms with Crippen LogP contribution >= 0.6 is 15.9 Å². The fourth-order valence-electron chi connectivity index (χ4n) is 1.73. The largest absolute Gasteiger partial charge is 0.316 e. The summed E-state index contributed by atoms with van der Waals surface area (Å²) in [6.07, 6.45) is 5.16. The first-order valence-corrected chi connectivity index (χ1v) is 8.17. The predicted octanol–water partition coefficient (Wildman–Crippen LogP) is 1.95. The molecular formula is C13H16BrFN2O2S. The van der Waals surface area contributed by atoms with Crippen molar-refractivity contribution in [3.05, 3.63) is 28.0 Å². The minimum atomic E-state index is -3.95. The summed E-state index contributed by atoms with van der Waals surface area (Å²) >= 11 is 3.20. The third-order valence-electron chi connectivity index (χ3n) is 2.68. The lowest BCUT2D eigenvalue weighted by Crippen LogP contribution is -2.32. The molecule has 1 aromatic carbocycles. The van der Waals surface area contributed by atoms with Crippen LogP contribution in [0.15, 0.2) is 21.5 Å². The number of nitrogens with one attached hydrogen (secondary N) is 1. The van der Waals surface area contributed by atoms with E-state index in [0.29, 0.717) is 4.47 Å². The molecule has 1 rings (SSSR count). The Kier molecular flexibility index (Phi) is 6.14. The molecule has 20 heavy (non-hydrogen) atoms. The molecule has 0 amide bonds. The maximum absolute atomic E-state index is 14.4. The molecule has 0 saturated heterocycles. The standard InChI is InChI=1S/C13H16BrFN2O2S/c1-4-6-17(5-2)20(18,19)12-8-11(14)7-10(9-16-3)13(12)15/h1,7-8,16H,5-6,9H2,2-3H3. The summed E-state index contributed by atoms with van der Waals surface area (Å²) in [5.41, 5.74) is 0.275. The van der Waals surface area contributed by atoms with Gasteiger partial charge in [0.25, 0.3) is 0 Å². The highest BCUT2D eigenvalue weighted by Gasteiger charge is 2.27. The van der Waals surface area contributed by atoms with Gasteiger partial charge in [-0.05, 0) is 19.2 Å². The molecule has 1 aromatic rings. The molecule has 4 nitrogen and oxygen atoms in total. The number of rotatable bonds is 6. The normalized spacial score (nSPS) is 11.6. The highest BCUT2D eigenvalue weighted by Crippen LogP contribution is 2.26. The monoisotopic (exact) mass is 362 g/mol. The quantitative estimate of drug-likeness (QED) is 0.786. The summed E-state index contributed by atoms with van der Waals surface area (Å²) in [5, 5.41) is 2.80. The van der Waals surface area contributed by atoms with Crippen LogP contribution in [0.1, 0.15) is 12.5 Å². The summed E-state index contributed by atoms with van der Waals surface area (Å²) in [5.74, 6) is 1.52. The minimum absolute atomic E-state index is 0.0911. The van der Waals surface area contributed by atoms with Crippen LogP contribution in [0.5, 0.6) is 0 Å². The van der Waals surface area contributed by atoms with Gasteiger partial charge in [0.15, 0.2) is 0 Å². The lowest BCUT2D eigenvalue weighted by atomic mass is 10.2. The fourth-order valence-corrected chi connectivity index (χ4v) is 3.89. The van der Waals surface area contributed by atoms with Crippen molar-refractivity contribution in [3.63, 3.8) is 0 Å². The van der Waals surface area contributed by atoms with Gasteiger partial charge in [-0.3, -0.25) is 0 Å². The number of halogens is 2. The second kappa shape index (κ2) is 7.18. The molecule has 7 heteroatoms. The first kappa shape index (κ1) is 17.1. The van der Waals surface area contributed by atoms with Crippen LogP contribution in [0.25, 0.3) is 0 Å². The van der Waals surface area contributed by atoms with Gasteiger partial charge in [0.2, 0.25) is 10.0 Å². The lowest BCUT2D eigenvalue weighted by Gasteiger charge is -2.19. The highest BCUT2D eigenvalue weighted by atomic mass is 79.9. The van der Waals surface area contributed by atoms with Crippen LogP contribution in [0.2, 0.25) is 0 Å². The van der Waals surface area contributed by atoms with Crippen molar-refractivity contribution < 1.29 is 12.8 Å². The smallest absolute Gasteiger partial charge is 0.246 e. The van der Waals surface area contributed by atoms with E-state index in [9.17, 15) is 12.8 Å². The average molecular weight is 363 g/mol. The Labute approximate surface area is 127 Å². The van der Waals surface area contributed by atoms with Gasteiger partial charge in [0.1, 0.15) is 10.7 Å². The van der Waals surface area contributed by atoms with E-state index in [0.717, 1.165) is 4.31 Å². The summed E-state index contributed by atoms with van der Waals surface area (Å²) < 4.78 is 40.8. The van der Waals surface area contributed by atoms with Gasteiger partial charge in [-0.2, -0.15) is 4.31 Å². The third-order valence-corrected chi connectivity index (χ3v) is 5.06. The molecule has 110 valence electrons. The summed E-state index contributed by atoms with van der Waals surface area (Å²) in [4.78, 5) is -0.366. The number of terminal acetylenes is 1. The molecule has 0 heterocycles. The molecule has 0 unspecified atom stereocenters. The number of hydrogen-bond acceptors (Lipinski definition) is 3. The molecule has 0 radical (unpaired) electrons. The minimum Gasteiger partial charge on any atom is -0.316 e. The van der Waals surface area contributed by atoms with Crippen molar-refractivity contribution in [2.24, 2.45) is 0 Å². The van der Waals surface area contributed by atoms with E-state index in [1.165, 1.54) is 6.07 Å². The van der Waals surface area contributed by atoms with Crippen molar-refractivity contribution in [3.8, 4) is 12.3 Å². The summed E-state index contributed by atoms with van der Waals surface area (Å²) in [7, 11) is -2.29. The lowest BCUT2D eigenvalue weighted by molar-refractivity contribution is 0.456. The topological polar surface area (TPSA) is 49.4 Å². The Morgan fingerprint density at radius 2 is 2.15 bits per heavy atom. The number of nitrogens with zero attached hydrogens (tertiary/aromatic N) is 1. The molecular weight excluding hydrogens is 347 g/mol. The number of hydrogen-bond donors (Lipinski definition) is 1. The Morgan fingerprint density at radius 1 is 1.50 bits per heavy atom. The van der Waals surface area contributed by atoms with E-state index in [1.807, 2.05) is 0 Å². The van der Waals surface area contributed by atoms with Crippen LogP contribution < -0.4 is 5.32 Å². The Balaban J connectivity index is 3.42. The maximum atomic E-state index is 14.4. The third kappa shape index (κ3) is 3.58. The Morgan fingerprint density at radius 3 is 2.65 bits per heavy atom. The molecule has 0 aliphatic heterocycles. The molecule has 0 atom stereocenters. The van der Waals surface area contributed by atoms with Crippen molar-refractivity contribution in [2.45, 2.75) is 18.4 Å². The zero-order valence-electron chi connectivity index (χ0n) is 11.3. The van der Waals surface area contributed by atoms with Gasteiger partial charge in [-0.1, -0.05) is 28.8 Å². The summed E-state index contributed by atoms with van der Waals surface area (Å²) in [6, 6.07) is 2.80. The molecule has 0 spiro atoms. The molecule has 0 aliphatic rings. The van der Waals surface area contributed by atoms with E-state index in [-0.39, 0.29) is 30.1 Å². The Bertz CT molecular complexity index is 626. The van der Waals surface area contributed by atoms with E-state index < -0.39 is 15.8 Å². The van der Waals surface area contributed by atoms with Crippen LogP contribution in [0, 0.1) is 18.2 Å². The van der Waals surface area contributed by atoms with Gasteiger partial charge in [-0.25, -0.2) is 12.8 Å². The molecule has 0 saturated carbocycles. The number of sulfonamides is 1. The van der Waals surface area contributed by atoms with E-state index in [1.54, 1.807) is 20.0 Å². The van der Waals surface area contributed by atoms with Gasteiger partial charge in [-0.15, -0.1) is 6.42 Å². The number of benzene rings is 1. The molecule has 0 bridgehead atoms. The van der Waals surface area contributed by atoms with E-state index >= 15 is 0 Å². The maximum Gasteiger partial charge on any atom is 0.246 e. The van der Waals surface area contributed by atoms with Gasteiger partial charge < -0.3 is 5.32 Å².